The summed E-state index contributed by atoms with van der Waals surface area (Å²) in [5.74, 6) is 1.74. The summed E-state index contributed by atoms with van der Waals surface area (Å²) < 4.78 is 0. The molecule has 0 aromatic carbocycles. The van der Waals surface area contributed by atoms with Gasteiger partial charge in [0, 0.05) is 23.4 Å². The largest absolute Gasteiger partial charge is 2.00 e. The van der Waals surface area contributed by atoms with E-state index < -0.39 is 11.9 Å². The van der Waals surface area contributed by atoms with Crippen LogP contribution in [0.5, 0.6) is 0 Å². The van der Waals surface area contributed by atoms with Gasteiger partial charge in [-0.2, -0.15) is 0 Å². The molecule has 0 fully saturated rings. The van der Waals surface area contributed by atoms with Crippen LogP contribution in [0.15, 0.2) is 0 Å². The second kappa shape index (κ2) is 24.7. The van der Waals surface area contributed by atoms with E-state index in [0.29, 0.717) is 11.5 Å². The number of hydrogen-bond donors (Lipinski definition) is 0. The minimum absolute atomic E-state index is 0. The maximum absolute atomic E-state index is 9.90. The predicted octanol–water partition coefficient (Wildman–Crippen LogP) is 2.29. The standard InChI is InChI=1S/C6H10O4S2.2C5H11.Sn/c7-5(8)1-3-11-12-4-2-6(9)10;2*1-4-5(2)3;/h1-4H2,(H,7,8)(H,9,10);2*4H2,1-3H3;/q;;;+2/p-2. The third-order valence-electron chi connectivity index (χ3n) is 2.28. The van der Waals surface area contributed by atoms with Gasteiger partial charge in [0.25, 0.3) is 0 Å². The van der Waals surface area contributed by atoms with Crippen LogP contribution >= 0.6 is 21.6 Å². The minimum atomic E-state index is -1.08. The number of carbonyl (C=O) groups is 2. The van der Waals surface area contributed by atoms with Gasteiger partial charge in [0.05, 0.1) is 0 Å². The molecule has 0 bridgehead atoms. The third-order valence-corrected chi connectivity index (χ3v) is 4.68. The minimum Gasteiger partial charge on any atom is -0.550 e. The first-order valence-electron chi connectivity index (χ1n) is 7.39. The van der Waals surface area contributed by atoms with Crippen LogP contribution in [0.3, 0.4) is 0 Å². The first kappa shape index (κ1) is 31.2. The van der Waals surface area contributed by atoms with Crippen LogP contribution < -0.4 is 10.2 Å². The van der Waals surface area contributed by atoms with E-state index in [1.165, 1.54) is 46.3 Å². The van der Waals surface area contributed by atoms with E-state index in [-0.39, 0.29) is 36.7 Å². The van der Waals surface area contributed by atoms with Gasteiger partial charge in [-0.1, -0.05) is 76.0 Å². The number of carboxylic acid groups (broad SMARTS) is 2. The van der Waals surface area contributed by atoms with E-state index in [1.807, 2.05) is 0 Å². The van der Waals surface area contributed by atoms with Gasteiger partial charge in [0.1, 0.15) is 0 Å². The van der Waals surface area contributed by atoms with Gasteiger partial charge >= 0.3 is 23.9 Å². The fraction of sp³-hybridized carbons (Fsp3) is 0.750. The van der Waals surface area contributed by atoms with Crippen molar-refractivity contribution in [2.24, 2.45) is 0 Å². The van der Waals surface area contributed by atoms with Crippen molar-refractivity contribution in [3.05, 3.63) is 11.8 Å². The molecular weight excluding hydrogens is 439 g/mol. The SMILES string of the molecule is CC[C](C)C.CC[C](C)C.O=C([O-])CCSSCCC(=O)[O-].[Sn+2]. The van der Waals surface area contributed by atoms with E-state index in [4.69, 9.17) is 0 Å². The molecule has 0 spiro atoms. The Morgan fingerprint density at radius 1 is 0.739 bits per heavy atom. The second-order valence-corrected chi connectivity index (χ2v) is 7.71. The average Bonchev–Trinajstić information content (AvgIpc) is 2.43. The van der Waals surface area contributed by atoms with Gasteiger partial charge in [-0.05, 0) is 24.7 Å². The summed E-state index contributed by atoms with van der Waals surface area (Å²) in [4.78, 5) is 19.8. The van der Waals surface area contributed by atoms with Gasteiger partial charge in [-0.3, -0.25) is 0 Å². The number of carboxylic acids is 2. The maximum Gasteiger partial charge on any atom is 2.00 e. The maximum atomic E-state index is 9.90. The molecule has 4 radical (unpaired) electrons. The zero-order chi connectivity index (χ0) is 18.0. The first-order valence-corrected chi connectivity index (χ1v) is 9.88. The van der Waals surface area contributed by atoms with Gasteiger partial charge in [0.15, 0.2) is 0 Å². The molecule has 0 heterocycles. The van der Waals surface area contributed by atoms with Crippen molar-refractivity contribution in [2.45, 2.75) is 67.2 Å². The molecule has 23 heavy (non-hydrogen) atoms. The van der Waals surface area contributed by atoms with Crippen LogP contribution in [0.1, 0.15) is 67.2 Å². The van der Waals surface area contributed by atoms with Crippen LogP contribution in [-0.4, -0.2) is 47.4 Å². The Bertz CT molecular complexity index is 236. The van der Waals surface area contributed by atoms with Crippen molar-refractivity contribution in [1.29, 1.82) is 0 Å². The number of aliphatic carboxylic acids is 2. The topological polar surface area (TPSA) is 80.3 Å². The van der Waals surface area contributed by atoms with Crippen LogP contribution in [0, 0.1) is 11.8 Å². The van der Waals surface area contributed by atoms with Crippen LogP contribution in [0.2, 0.25) is 0 Å². The molecule has 0 aromatic rings. The smallest absolute Gasteiger partial charge is 0.550 e. The third kappa shape index (κ3) is 51.9. The van der Waals surface area contributed by atoms with Crippen molar-refractivity contribution < 1.29 is 19.8 Å². The summed E-state index contributed by atoms with van der Waals surface area (Å²) >= 11 is 0. The molecule has 0 saturated heterocycles. The van der Waals surface area contributed by atoms with E-state index in [1.54, 1.807) is 0 Å². The Hall–Kier alpha value is 0.439. The summed E-state index contributed by atoms with van der Waals surface area (Å²) in [5.41, 5.74) is 0. The fourth-order valence-electron chi connectivity index (χ4n) is 0.368. The zero-order valence-corrected chi connectivity index (χ0v) is 19.7. The summed E-state index contributed by atoms with van der Waals surface area (Å²) in [6.07, 6.45) is 2.45. The number of carbonyl (C=O) groups excluding carboxylic acids is 2. The Balaban J connectivity index is -0.000000137. The molecule has 0 atom stereocenters. The van der Waals surface area contributed by atoms with Gasteiger partial charge in [-0.15, -0.1) is 0 Å². The Kier molecular flexibility index (Phi) is 33.5. The van der Waals surface area contributed by atoms with Crippen molar-refractivity contribution in [3.63, 3.8) is 0 Å². The summed E-state index contributed by atoms with van der Waals surface area (Å²) in [5, 5.41) is 19.8. The van der Waals surface area contributed by atoms with Crippen LogP contribution in [0.4, 0.5) is 0 Å². The molecule has 0 N–H and O–H groups in total. The number of rotatable bonds is 9. The van der Waals surface area contributed by atoms with Gasteiger partial charge in [-0.25, -0.2) is 0 Å². The summed E-state index contributed by atoms with van der Waals surface area (Å²) in [7, 11) is 2.66. The van der Waals surface area contributed by atoms with Crippen molar-refractivity contribution in [2.75, 3.05) is 11.5 Å². The van der Waals surface area contributed by atoms with E-state index in [2.05, 4.69) is 41.5 Å². The van der Waals surface area contributed by atoms with Crippen molar-refractivity contribution in [1.82, 2.24) is 0 Å². The molecule has 7 heteroatoms. The normalized spacial score (nSPS) is 9.22. The van der Waals surface area contributed by atoms with E-state index in [9.17, 15) is 19.8 Å². The molecule has 0 amide bonds. The van der Waals surface area contributed by atoms with E-state index in [0.717, 1.165) is 0 Å². The molecule has 0 aromatic heterocycles. The van der Waals surface area contributed by atoms with E-state index >= 15 is 0 Å². The molecular formula is C16H30O4S2Sn. The van der Waals surface area contributed by atoms with Crippen LogP contribution in [0.25, 0.3) is 0 Å². The van der Waals surface area contributed by atoms with Crippen LogP contribution in [-0.2, 0) is 9.59 Å². The number of hydrogen-bond acceptors (Lipinski definition) is 6. The molecule has 0 aliphatic heterocycles. The Morgan fingerprint density at radius 2 is 0.957 bits per heavy atom. The quantitative estimate of drug-likeness (QED) is 0.293. The first-order chi connectivity index (χ1) is 10.2. The van der Waals surface area contributed by atoms with Gasteiger partial charge in [0.2, 0.25) is 0 Å². The molecule has 4 nitrogen and oxygen atoms in total. The zero-order valence-electron chi connectivity index (χ0n) is 15.2. The molecule has 0 aliphatic rings. The fourth-order valence-corrected chi connectivity index (χ4v) is 2.31. The van der Waals surface area contributed by atoms with Gasteiger partial charge < -0.3 is 19.8 Å². The van der Waals surface area contributed by atoms with Crippen molar-refractivity contribution in [3.8, 4) is 0 Å². The summed E-state index contributed by atoms with van der Waals surface area (Å²) in [6, 6.07) is 0. The molecule has 0 saturated carbocycles. The average molecular weight is 469 g/mol. The summed E-state index contributed by atoms with van der Waals surface area (Å²) in [6.45, 7) is 12.9. The molecule has 0 unspecified atom stereocenters. The Labute approximate surface area is 167 Å². The second-order valence-electron chi connectivity index (χ2n) is 5.01. The molecule has 0 aliphatic carbocycles. The monoisotopic (exact) mass is 470 g/mol. The predicted molar refractivity (Wildman–Crippen MR) is 99.7 cm³/mol. The van der Waals surface area contributed by atoms with Crippen molar-refractivity contribution >= 4 is 57.4 Å². The molecule has 0 rings (SSSR count). The molecule has 134 valence electrons. The Morgan fingerprint density at radius 3 is 1.09 bits per heavy atom.